The number of nitrogens with zero attached hydrogens (tertiary/aromatic N) is 2. The lowest BCUT2D eigenvalue weighted by Gasteiger charge is -2.34. The lowest BCUT2D eigenvalue weighted by molar-refractivity contribution is -0.140. The van der Waals surface area contributed by atoms with Gasteiger partial charge in [0, 0.05) is 19.0 Å². The molecule has 0 radical (unpaired) electrons. The normalized spacial score (nSPS) is 11.9. The predicted molar refractivity (Wildman–Crippen MR) is 178 cm³/mol. The number of hydrogen-bond donors (Lipinski definition) is 1. The van der Waals surface area contributed by atoms with Crippen molar-refractivity contribution in [3.63, 3.8) is 0 Å². The molecule has 0 unspecified atom stereocenters. The van der Waals surface area contributed by atoms with Gasteiger partial charge in [0.1, 0.15) is 18.3 Å². The van der Waals surface area contributed by atoms with Gasteiger partial charge < -0.3 is 15.0 Å². The van der Waals surface area contributed by atoms with Crippen LogP contribution < -0.4 is 14.4 Å². The van der Waals surface area contributed by atoms with E-state index in [1.807, 2.05) is 82.3 Å². The first kappa shape index (κ1) is 33.3. The Labute approximate surface area is 266 Å². The van der Waals surface area contributed by atoms with Crippen molar-refractivity contribution in [2.45, 2.75) is 57.6 Å². The molecule has 4 aromatic rings. The van der Waals surface area contributed by atoms with E-state index in [9.17, 15) is 18.0 Å². The molecule has 8 nitrogen and oxygen atoms in total. The summed E-state index contributed by atoms with van der Waals surface area (Å²) in [6, 6.07) is 30.8. The van der Waals surface area contributed by atoms with E-state index < -0.39 is 28.5 Å². The second-order valence-corrected chi connectivity index (χ2v) is 13.0. The maximum Gasteiger partial charge on any atom is 0.264 e. The maximum absolute atomic E-state index is 14.5. The molecule has 0 aromatic heterocycles. The third-order valence-electron chi connectivity index (χ3n) is 7.22. The van der Waals surface area contributed by atoms with Gasteiger partial charge in [0.25, 0.3) is 10.0 Å². The van der Waals surface area contributed by atoms with Crippen LogP contribution in [0.1, 0.15) is 37.5 Å². The Hall–Kier alpha value is -4.63. The zero-order chi connectivity index (χ0) is 32.4. The number of hydrogen-bond acceptors (Lipinski definition) is 5. The van der Waals surface area contributed by atoms with Gasteiger partial charge in [0.2, 0.25) is 11.8 Å². The molecule has 0 spiro atoms. The van der Waals surface area contributed by atoms with Crippen LogP contribution in [0.5, 0.6) is 5.75 Å². The molecule has 45 heavy (non-hydrogen) atoms. The van der Waals surface area contributed by atoms with Crippen LogP contribution in [0.4, 0.5) is 5.69 Å². The van der Waals surface area contributed by atoms with E-state index in [4.69, 9.17) is 4.74 Å². The van der Waals surface area contributed by atoms with Crippen molar-refractivity contribution >= 4 is 27.5 Å². The number of carbonyl (C=O) groups excluding carboxylic acids is 2. The first-order valence-corrected chi connectivity index (χ1v) is 16.5. The Morgan fingerprint density at radius 2 is 1.40 bits per heavy atom. The highest BCUT2D eigenvalue weighted by Gasteiger charge is 2.34. The quantitative estimate of drug-likeness (QED) is 0.192. The first-order valence-electron chi connectivity index (χ1n) is 15.1. The van der Waals surface area contributed by atoms with E-state index in [1.54, 1.807) is 42.5 Å². The number of para-hydroxylation sites is 1. The predicted octanol–water partition coefficient (Wildman–Crippen LogP) is 5.75. The van der Waals surface area contributed by atoms with Gasteiger partial charge in [-0.25, -0.2) is 8.42 Å². The summed E-state index contributed by atoms with van der Waals surface area (Å²) in [6.07, 6.45) is 0.258. The number of carbonyl (C=O) groups is 2. The van der Waals surface area contributed by atoms with Gasteiger partial charge in [0.05, 0.1) is 17.2 Å². The zero-order valence-corrected chi connectivity index (χ0v) is 27.0. The van der Waals surface area contributed by atoms with Crippen molar-refractivity contribution in [2.75, 3.05) is 17.5 Å². The van der Waals surface area contributed by atoms with Crippen molar-refractivity contribution in [1.29, 1.82) is 0 Å². The Morgan fingerprint density at radius 3 is 1.98 bits per heavy atom. The molecule has 1 atom stereocenters. The minimum atomic E-state index is -4.19. The van der Waals surface area contributed by atoms with Gasteiger partial charge in [-0.3, -0.25) is 13.9 Å². The number of nitrogens with one attached hydrogen (secondary N) is 1. The second-order valence-electron chi connectivity index (χ2n) is 11.1. The number of sulfonamides is 1. The summed E-state index contributed by atoms with van der Waals surface area (Å²) in [5, 5.41) is 2.97. The molecule has 2 amide bonds. The highest BCUT2D eigenvalue weighted by molar-refractivity contribution is 7.92. The van der Waals surface area contributed by atoms with E-state index in [-0.39, 0.29) is 29.8 Å². The largest absolute Gasteiger partial charge is 0.494 e. The number of anilines is 1. The molecule has 0 aliphatic heterocycles. The van der Waals surface area contributed by atoms with E-state index in [2.05, 4.69) is 5.32 Å². The van der Waals surface area contributed by atoms with E-state index in [1.165, 1.54) is 17.0 Å². The molecule has 0 fully saturated rings. The number of aryl methyl sites for hydroxylation is 1. The number of rotatable bonds is 14. The Bertz CT molecular complexity index is 1640. The topological polar surface area (TPSA) is 96.0 Å². The van der Waals surface area contributed by atoms with Crippen LogP contribution in [0.25, 0.3) is 0 Å². The third-order valence-corrected chi connectivity index (χ3v) is 9.01. The maximum atomic E-state index is 14.5. The summed E-state index contributed by atoms with van der Waals surface area (Å²) in [5.74, 6) is -0.272. The van der Waals surface area contributed by atoms with Crippen LogP contribution >= 0.6 is 0 Å². The fraction of sp³-hybridized carbons (Fsp3) is 0.278. The van der Waals surface area contributed by atoms with Crippen molar-refractivity contribution in [3.8, 4) is 5.75 Å². The smallest absolute Gasteiger partial charge is 0.264 e. The fourth-order valence-corrected chi connectivity index (χ4v) is 6.36. The second kappa shape index (κ2) is 15.4. The average molecular weight is 628 g/mol. The SMILES string of the molecule is CCOc1ccc(S(=O)(=O)N(CC(=O)N(Cc2ccc(C)cc2)[C@@H](Cc2ccccc2)C(=O)NC(C)C)c2ccccc2)cc1. The summed E-state index contributed by atoms with van der Waals surface area (Å²) in [6.45, 7) is 7.61. The van der Waals surface area contributed by atoms with Crippen LogP contribution in [0.15, 0.2) is 114 Å². The molecule has 0 bridgehead atoms. The zero-order valence-electron chi connectivity index (χ0n) is 26.2. The van der Waals surface area contributed by atoms with Crippen molar-refractivity contribution in [3.05, 3.63) is 126 Å². The van der Waals surface area contributed by atoms with Gasteiger partial charge >= 0.3 is 0 Å². The molecule has 0 aliphatic carbocycles. The molecular formula is C36H41N3O5S. The molecule has 4 aromatic carbocycles. The van der Waals surface area contributed by atoms with E-state index in [0.29, 0.717) is 18.0 Å². The van der Waals surface area contributed by atoms with Crippen molar-refractivity contribution in [1.82, 2.24) is 10.2 Å². The number of amides is 2. The molecule has 9 heteroatoms. The lowest BCUT2D eigenvalue weighted by Crippen LogP contribution is -2.54. The minimum absolute atomic E-state index is 0.0195. The van der Waals surface area contributed by atoms with Crippen molar-refractivity contribution in [2.24, 2.45) is 0 Å². The summed E-state index contributed by atoms with van der Waals surface area (Å²) in [4.78, 5) is 29.7. The number of ether oxygens (including phenoxy) is 1. The standard InChI is InChI=1S/C36H41N3O5S/c1-5-44-32-20-22-33(23-21-32)45(42,43)39(31-14-10-7-11-15-31)26-35(40)38(25-30-18-16-28(4)17-19-30)34(36(41)37-27(2)3)24-29-12-8-6-9-13-29/h6-23,27,34H,5,24-26H2,1-4H3,(H,37,41)/t34-/m0/s1. The summed E-state index contributed by atoms with van der Waals surface area (Å²) < 4.78 is 34.9. The van der Waals surface area contributed by atoms with Gasteiger partial charge in [-0.1, -0.05) is 78.4 Å². The fourth-order valence-electron chi connectivity index (χ4n) is 4.95. The summed E-state index contributed by atoms with van der Waals surface area (Å²) in [5.41, 5.74) is 3.10. The Kier molecular flexibility index (Phi) is 11.4. The van der Waals surface area contributed by atoms with Crippen LogP contribution in [-0.4, -0.2) is 50.4 Å². The molecule has 1 N–H and O–H groups in total. The highest BCUT2D eigenvalue weighted by atomic mass is 32.2. The number of benzene rings is 4. The third kappa shape index (κ3) is 8.95. The molecular weight excluding hydrogens is 586 g/mol. The molecule has 236 valence electrons. The molecule has 0 aliphatic rings. The van der Waals surface area contributed by atoms with E-state index in [0.717, 1.165) is 21.0 Å². The van der Waals surface area contributed by atoms with Crippen molar-refractivity contribution < 1.29 is 22.7 Å². The van der Waals surface area contributed by atoms with Crippen LogP contribution in [0.3, 0.4) is 0 Å². The first-order chi connectivity index (χ1) is 21.6. The Morgan fingerprint density at radius 1 is 0.800 bits per heavy atom. The molecule has 0 saturated carbocycles. The van der Waals surface area contributed by atoms with Crippen LogP contribution in [0.2, 0.25) is 0 Å². The molecule has 4 rings (SSSR count). The van der Waals surface area contributed by atoms with Crippen LogP contribution in [0, 0.1) is 6.92 Å². The minimum Gasteiger partial charge on any atom is -0.494 e. The summed E-state index contributed by atoms with van der Waals surface area (Å²) >= 11 is 0. The lowest BCUT2D eigenvalue weighted by atomic mass is 10.0. The van der Waals surface area contributed by atoms with Gasteiger partial charge in [0.15, 0.2) is 0 Å². The monoisotopic (exact) mass is 627 g/mol. The summed E-state index contributed by atoms with van der Waals surface area (Å²) in [7, 11) is -4.19. The average Bonchev–Trinajstić information content (AvgIpc) is 3.03. The van der Waals surface area contributed by atoms with Gasteiger partial charge in [-0.2, -0.15) is 0 Å². The Balaban J connectivity index is 1.77. The van der Waals surface area contributed by atoms with Gasteiger partial charge in [-0.15, -0.1) is 0 Å². The molecule has 0 saturated heterocycles. The highest BCUT2D eigenvalue weighted by Crippen LogP contribution is 2.26. The van der Waals surface area contributed by atoms with Crippen LogP contribution in [-0.2, 0) is 32.6 Å². The molecule has 0 heterocycles. The van der Waals surface area contributed by atoms with E-state index >= 15 is 0 Å². The van der Waals surface area contributed by atoms with Gasteiger partial charge in [-0.05, 0) is 75.2 Å².